The number of hydrogen-bond donors (Lipinski definition) is 2. The first-order chi connectivity index (χ1) is 14.1. The van der Waals surface area contributed by atoms with E-state index in [0.717, 1.165) is 16.7 Å². The molecule has 5 nitrogen and oxygen atoms in total. The van der Waals surface area contributed by atoms with Gasteiger partial charge in [0.25, 0.3) is 0 Å². The molecule has 0 aliphatic carbocycles. The lowest BCUT2D eigenvalue weighted by Gasteiger charge is -2.27. The summed E-state index contributed by atoms with van der Waals surface area (Å²) in [6.07, 6.45) is 0. The third-order valence-electron chi connectivity index (χ3n) is 4.95. The van der Waals surface area contributed by atoms with Crippen molar-refractivity contribution in [1.82, 2.24) is 0 Å². The molecule has 0 bridgehead atoms. The molecular weight excluding hydrogens is 364 g/mol. The summed E-state index contributed by atoms with van der Waals surface area (Å²) in [6.45, 7) is 2.45. The Bertz CT molecular complexity index is 1130. The van der Waals surface area contributed by atoms with E-state index in [1.165, 1.54) is 11.6 Å². The Morgan fingerprint density at radius 1 is 1.07 bits per heavy atom. The number of aromatic hydroxyl groups is 1. The van der Waals surface area contributed by atoms with Crippen LogP contribution in [0.5, 0.6) is 17.2 Å². The third kappa shape index (κ3) is 3.61. The second kappa shape index (κ2) is 7.61. The number of phenolic OH excluding ortho intramolecular Hbond substituents is 1. The first-order valence-electron chi connectivity index (χ1n) is 9.24. The SMILES string of the molecule is Cc1ccc(COc2ccccc2[C@@H]2C(C#N)=C(N)Oc3cc(O)ccc32)cc1. The van der Waals surface area contributed by atoms with Crippen molar-refractivity contribution >= 4 is 0 Å². The maximum Gasteiger partial charge on any atom is 0.205 e. The highest BCUT2D eigenvalue weighted by Gasteiger charge is 2.32. The average Bonchev–Trinajstić information content (AvgIpc) is 2.72. The second-order valence-corrected chi connectivity index (χ2v) is 6.96. The van der Waals surface area contributed by atoms with Crippen LogP contribution in [0.15, 0.2) is 78.2 Å². The number of hydrogen-bond acceptors (Lipinski definition) is 5. The number of aryl methyl sites for hydroxylation is 1. The number of phenols is 1. The lowest BCUT2D eigenvalue weighted by Crippen LogP contribution is -2.21. The Balaban J connectivity index is 1.74. The molecule has 5 heteroatoms. The molecule has 0 saturated heterocycles. The number of nitriles is 1. The summed E-state index contributed by atoms with van der Waals surface area (Å²) in [5.74, 6) is 0.751. The van der Waals surface area contributed by atoms with Gasteiger partial charge in [0, 0.05) is 17.2 Å². The van der Waals surface area contributed by atoms with Crippen LogP contribution in [0.4, 0.5) is 0 Å². The fourth-order valence-electron chi connectivity index (χ4n) is 3.46. The van der Waals surface area contributed by atoms with Crippen molar-refractivity contribution in [3.8, 4) is 23.3 Å². The van der Waals surface area contributed by atoms with Crippen LogP contribution in [0.25, 0.3) is 0 Å². The first-order valence-corrected chi connectivity index (χ1v) is 9.24. The number of para-hydroxylation sites is 1. The predicted molar refractivity (Wildman–Crippen MR) is 109 cm³/mol. The number of fused-ring (bicyclic) bond motifs is 1. The largest absolute Gasteiger partial charge is 0.508 e. The average molecular weight is 384 g/mol. The molecule has 3 aromatic carbocycles. The van der Waals surface area contributed by atoms with E-state index in [4.69, 9.17) is 15.2 Å². The molecule has 3 aromatic rings. The maximum absolute atomic E-state index is 9.81. The summed E-state index contributed by atoms with van der Waals surface area (Å²) >= 11 is 0. The standard InChI is InChI=1S/C24H20N2O3/c1-15-6-8-16(9-7-15)14-28-21-5-3-2-4-18(21)23-19-11-10-17(27)12-22(19)29-24(26)20(23)13-25/h2-12,23,27H,14,26H2,1H3/t23-/m0/s1. The van der Waals surface area contributed by atoms with E-state index in [1.54, 1.807) is 12.1 Å². The Morgan fingerprint density at radius 2 is 1.83 bits per heavy atom. The fraction of sp³-hybridized carbons (Fsp3) is 0.125. The van der Waals surface area contributed by atoms with Gasteiger partial charge < -0.3 is 20.3 Å². The van der Waals surface area contributed by atoms with Gasteiger partial charge in [0.05, 0.1) is 5.92 Å². The van der Waals surface area contributed by atoms with Crippen LogP contribution in [0.3, 0.4) is 0 Å². The highest BCUT2D eigenvalue weighted by molar-refractivity contribution is 5.59. The molecule has 0 amide bonds. The van der Waals surface area contributed by atoms with E-state index in [-0.39, 0.29) is 11.6 Å². The van der Waals surface area contributed by atoms with Gasteiger partial charge in [0.15, 0.2) is 0 Å². The number of ether oxygens (including phenoxy) is 2. The summed E-state index contributed by atoms with van der Waals surface area (Å²) in [5.41, 5.74) is 10.1. The molecule has 0 fully saturated rings. The van der Waals surface area contributed by atoms with Crippen molar-refractivity contribution in [3.63, 3.8) is 0 Å². The van der Waals surface area contributed by atoms with Crippen LogP contribution in [-0.2, 0) is 6.61 Å². The lowest BCUT2D eigenvalue weighted by atomic mass is 9.83. The topological polar surface area (TPSA) is 88.5 Å². The molecule has 0 radical (unpaired) electrons. The van der Waals surface area contributed by atoms with E-state index >= 15 is 0 Å². The van der Waals surface area contributed by atoms with Crippen LogP contribution in [0, 0.1) is 18.3 Å². The highest BCUT2D eigenvalue weighted by atomic mass is 16.5. The highest BCUT2D eigenvalue weighted by Crippen LogP contribution is 2.45. The normalized spacial score (nSPS) is 15.2. The first kappa shape index (κ1) is 18.5. The van der Waals surface area contributed by atoms with Gasteiger partial charge in [-0.05, 0) is 24.6 Å². The predicted octanol–water partition coefficient (Wildman–Crippen LogP) is 4.50. The molecule has 0 spiro atoms. The number of nitrogens with zero attached hydrogens (tertiary/aromatic N) is 1. The second-order valence-electron chi connectivity index (χ2n) is 6.96. The van der Waals surface area contributed by atoms with Gasteiger partial charge in [-0.1, -0.05) is 54.1 Å². The van der Waals surface area contributed by atoms with Gasteiger partial charge in [0.1, 0.15) is 35.5 Å². The zero-order valence-electron chi connectivity index (χ0n) is 15.9. The van der Waals surface area contributed by atoms with E-state index in [0.29, 0.717) is 23.7 Å². The molecule has 0 unspecified atom stereocenters. The fourth-order valence-corrected chi connectivity index (χ4v) is 3.46. The Labute approximate surface area is 169 Å². The maximum atomic E-state index is 9.81. The lowest BCUT2D eigenvalue weighted by molar-refractivity contribution is 0.301. The van der Waals surface area contributed by atoms with Gasteiger partial charge in [-0.15, -0.1) is 0 Å². The van der Waals surface area contributed by atoms with E-state index in [9.17, 15) is 10.4 Å². The zero-order chi connectivity index (χ0) is 20.4. The van der Waals surface area contributed by atoms with Crippen molar-refractivity contribution in [1.29, 1.82) is 5.26 Å². The third-order valence-corrected chi connectivity index (χ3v) is 4.95. The molecule has 1 atom stereocenters. The number of benzene rings is 3. The van der Waals surface area contributed by atoms with Gasteiger partial charge in [-0.2, -0.15) is 5.26 Å². The molecule has 3 N–H and O–H groups in total. The Kier molecular flexibility index (Phi) is 4.84. The molecular formula is C24H20N2O3. The molecule has 1 aliphatic rings. The quantitative estimate of drug-likeness (QED) is 0.691. The van der Waals surface area contributed by atoms with Crippen LogP contribution in [-0.4, -0.2) is 5.11 Å². The summed E-state index contributed by atoms with van der Waals surface area (Å²) < 4.78 is 11.7. The minimum absolute atomic E-state index is 0.0314. The zero-order valence-corrected chi connectivity index (χ0v) is 15.9. The van der Waals surface area contributed by atoms with Crippen LogP contribution in [0.1, 0.15) is 28.2 Å². The molecule has 0 aromatic heterocycles. The Morgan fingerprint density at radius 3 is 2.59 bits per heavy atom. The van der Waals surface area contributed by atoms with Gasteiger partial charge in [-0.3, -0.25) is 0 Å². The van der Waals surface area contributed by atoms with Crippen LogP contribution < -0.4 is 15.2 Å². The summed E-state index contributed by atoms with van der Waals surface area (Å²) in [6, 6.07) is 22.7. The smallest absolute Gasteiger partial charge is 0.205 e. The minimum Gasteiger partial charge on any atom is -0.508 e. The van der Waals surface area contributed by atoms with Crippen molar-refractivity contribution < 1.29 is 14.6 Å². The number of allylic oxidation sites excluding steroid dienone is 1. The Hall–Kier alpha value is -3.91. The van der Waals surface area contributed by atoms with E-state index in [1.807, 2.05) is 55.5 Å². The van der Waals surface area contributed by atoms with Crippen LogP contribution in [0.2, 0.25) is 0 Å². The van der Waals surface area contributed by atoms with E-state index in [2.05, 4.69) is 6.07 Å². The van der Waals surface area contributed by atoms with Gasteiger partial charge in [-0.25, -0.2) is 0 Å². The van der Waals surface area contributed by atoms with Crippen LogP contribution >= 0.6 is 0 Å². The van der Waals surface area contributed by atoms with Crippen molar-refractivity contribution in [2.24, 2.45) is 5.73 Å². The van der Waals surface area contributed by atoms with Crippen molar-refractivity contribution in [2.75, 3.05) is 0 Å². The van der Waals surface area contributed by atoms with Gasteiger partial charge in [0.2, 0.25) is 5.88 Å². The van der Waals surface area contributed by atoms with Crippen molar-refractivity contribution in [2.45, 2.75) is 19.4 Å². The van der Waals surface area contributed by atoms with Gasteiger partial charge >= 0.3 is 0 Å². The summed E-state index contributed by atoms with van der Waals surface area (Å²) in [5, 5.41) is 19.6. The minimum atomic E-state index is -0.446. The molecule has 29 heavy (non-hydrogen) atoms. The molecule has 144 valence electrons. The molecule has 4 rings (SSSR count). The monoisotopic (exact) mass is 384 g/mol. The molecule has 0 saturated carbocycles. The van der Waals surface area contributed by atoms with E-state index < -0.39 is 5.92 Å². The summed E-state index contributed by atoms with van der Waals surface area (Å²) in [7, 11) is 0. The molecule has 1 aliphatic heterocycles. The molecule has 1 heterocycles. The van der Waals surface area contributed by atoms with Crippen molar-refractivity contribution in [3.05, 3.63) is 100 Å². The number of rotatable bonds is 4. The number of nitrogens with two attached hydrogens (primary N) is 1. The summed E-state index contributed by atoms with van der Waals surface area (Å²) in [4.78, 5) is 0.